The molecule has 484 valence electrons. The number of aromatic carboxylic acids is 1. The smallest absolute Gasteiger partial charge is 0.490 e. The first-order valence-electron chi connectivity index (χ1n) is 25.2. The van der Waals surface area contributed by atoms with Crippen molar-refractivity contribution in [1.29, 1.82) is 0 Å². The Morgan fingerprint density at radius 3 is 1.99 bits per heavy atom. The molecule has 42 heteroatoms. The molecule has 37 nitrogen and oxygen atoms in total. The number of nitrogen functional groups attached to an aromatic ring is 1. The molecule has 0 radical (unpaired) electrons. The number of hydrogen-bond acceptors (Lipinski definition) is 26. The maximum absolute atomic E-state index is 13.1. The van der Waals surface area contributed by atoms with Crippen molar-refractivity contribution in [3.8, 4) is 22.5 Å². The number of nitrogens with two attached hydrogens (primary N) is 2. The number of phosphoric ester groups is 1. The number of anilines is 1. The van der Waals surface area contributed by atoms with Crippen LogP contribution in [0.4, 0.5) is 5.69 Å². The average molecular weight is 1350 g/mol. The molecule has 88 heavy (non-hydrogen) atoms. The molecule has 2 unspecified atom stereocenters. The first-order chi connectivity index (χ1) is 41.2. The summed E-state index contributed by atoms with van der Waals surface area (Å²) in [5.74, 6) is -3.45. The third kappa shape index (κ3) is 19.6. The van der Waals surface area contributed by atoms with Crippen LogP contribution in [0.15, 0.2) is 78.5 Å². The van der Waals surface area contributed by atoms with Crippen LogP contribution >= 0.6 is 23.5 Å². The van der Waals surface area contributed by atoms with E-state index in [4.69, 9.17) is 53.8 Å². The lowest BCUT2D eigenvalue weighted by molar-refractivity contribution is -0.176. The zero-order valence-corrected chi connectivity index (χ0v) is 49.5. The summed E-state index contributed by atoms with van der Waals surface area (Å²) in [4.78, 5) is 99.3. The molecule has 3 heterocycles. The van der Waals surface area contributed by atoms with Crippen molar-refractivity contribution >= 4 is 84.2 Å². The second-order valence-electron chi connectivity index (χ2n) is 18.2. The van der Waals surface area contributed by atoms with E-state index in [1.54, 1.807) is 0 Å². The van der Waals surface area contributed by atoms with Gasteiger partial charge in [-0.3, -0.25) is 38.4 Å². The van der Waals surface area contributed by atoms with Gasteiger partial charge in [0.1, 0.15) is 33.3 Å². The predicted molar refractivity (Wildman–Crippen MR) is 293 cm³/mol. The first-order valence-corrected chi connectivity index (χ1v) is 32.5. The molecule has 3 aromatic rings. The van der Waals surface area contributed by atoms with Crippen LogP contribution in [-0.2, 0) is 80.3 Å². The molecule has 0 saturated carbocycles. The number of aromatic nitrogens is 2. The van der Waals surface area contributed by atoms with Gasteiger partial charge in [-0.1, -0.05) is 18.2 Å². The molecule has 6 rings (SSSR count). The van der Waals surface area contributed by atoms with Gasteiger partial charge in [-0.15, -0.1) is 0 Å². The van der Waals surface area contributed by atoms with Crippen LogP contribution in [0.5, 0.6) is 0 Å². The number of phosphoric acid groups is 3. The lowest BCUT2D eigenvalue weighted by Gasteiger charge is -2.21. The van der Waals surface area contributed by atoms with Gasteiger partial charge >= 0.3 is 45.2 Å². The monoisotopic (exact) mass is 1350 g/mol. The van der Waals surface area contributed by atoms with Gasteiger partial charge < -0.3 is 88.7 Å². The lowest BCUT2D eigenvalue weighted by Crippen LogP contribution is -2.47. The molecule has 0 spiro atoms. The fourth-order valence-corrected chi connectivity index (χ4v) is 12.7. The first kappa shape index (κ1) is 70.8. The predicted octanol–water partition coefficient (Wildman–Crippen LogP) is -2.86. The second kappa shape index (κ2) is 30.5. The number of carbonyl (C=O) groups is 3. The molecular formula is C46H57N6O31P3S2. The van der Waals surface area contributed by atoms with Crippen LogP contribution in [0.1, 0.15) is 38.9 Å². The normalized spacial score (nSPS) is 18.0. The van der Waals surface area contributed by atoms with E-state index in [0.717, 1.165) is 24.4 Å². The zero-order valence-electron chi connectivity index (χ0n) is 45.2. The number of nitrogens with zero attached hydrogens (tertiary/aromatic N) is 1. The van der Waals surface area contributed by atoms with Crippen molar-refractivity contribution < 1.29 is 140 Å². The minimum Gasteiger partial charge on any atom is -0.744 e. The van der Waals surface area contributed by atoms with Crippen molar-refractivity contribution in [3.05, 3.63) is 97.6 Å². The third-order valence-electron chi connectivity index (χ3n) is 11.9. The maximum Gasteiger partial charge on any atom is 0.490 e. The number of aliphatic hydroxyl groups excluding tert-OH is 2. The quantitative estimate of drug-likeness (QED) is 0.00648. The molecule has 1 saturated heterocycles. The number of H-pyrrole nitrogens is 1. The van der Waals surface area contributed by atoms with E-state index in [1.165, 1.54) is 36.4 Å². The maximum atomic E-state index is 13.1. The Hall–Kier alpha value is -6.33. The Labute approximate surface area is 495 Å². The summed E-state index contributed by atoms with van der Waals surface area (Å²) in [6, 6.07) is 8.00. The second-order valence-corrected chi connectivity index (χ2v) is 25.2. The number of hydrogen-bond donors (Lipinski definition) is 13. The van der Waals surface area contributed by atoms with Crippen LogP contribution in [0.2, 0.25) is 0 Å². The highest BCUT2D eigenvalue weighted by molar-refractivity contribution is 7.86. The van der Waals surface area contributed by atoms with Gasteiger partial charge in [0, 0.05) is 53.9 Å². The minimum atomic E-state index is -5.86. The summed E-state index contributed by atoms with van der Waals surface area (Å²) < 4.78 is 157. The molecule has 2 aliphatic heterocycles. The molecule has 2 aromatic carbocycles. The minimum absolute atomic E-state index is 0.0179. The number of ether oxygens (including phenoxy) is 6. The molecule has 2 amide bonds. The summed E-state index contributed by atoms with van der Waals surface area (Å²) in [6.07, 6.45) is -3.94. The topological polar surface area (TPSA) is 582 Å². The summed E-state index contributed by atoms with van der Waals surface area (Å²) >= 11 is 0. The van der Waals surface area contributed by atoms with Crippen molar-refractivity contribution in [2.75, 3.05) is 91.5 Å². The van der Waals surface area contributed by atoms with Gasteiger partial charge in [-0.2, -0.15) is 17.0 Å². The number of rotatable bonds is 34. The summed E-state index contributed by atoms with van der Waals surface area (Å²) in [5.41, 5.74) is 1.06. The van der Waals surface area contributed by atoms with Crippen molar-refractivity contribution in [2.45, 2.75) is 40.8 Å². The number of aliphatic hydroxyl groups is 2. The number of amides is 2. The average Bonchev–Trinajstić information content (AvgIpc) is 0.850. The van der Waals surface area contributed by atoms with Crippen LogP contribution in [-0.4, -0.2) is 192 Å². The highest BCUT2D eigenvalue weighted by atomic mass is 32.2. The summed E-state index contributed by atoms with van der Waals surface area (Å²) in [5, 5.41) is 41.5. The van der Waals surface area contributed by atoms with E-state index < -0.39 is 142 Å². The van der Waals surface area contributed by atoms with Crippen molar-refractivity contribution in [3.63, 3.8) is 0 Å². The van der Waals surface area contributed by atoms with Gasteiger partial charge in [-0.25, -0.2) is 31.7 Å². The van der Waals surface area contributed by atoms with Gasteiger partial charge in [0.05, 0.1) is 89.5 Å². The molecule has 0 bridgehead atoms. The Morgan fingerprint density at radius 2 is 1.40 bits per heavy atom. The number of fused-ring (bicyclic) bond motifs is 2. The number of carboxylic acid groups (broad SMARTS) is 1. The highest BCUT2D eigenvalue weighted by Gasteiger charge is 2.47. The van der Waals surface area contributed by atoms with Gasteiger partial charge in [0.15, 0.2) is 17.6 Å². The van der Waals surface area contributed by atoms with E-state index in [0.29, 0.717) is 4.57 Å². The van der Waals surface area contributed by atoms with Gasteiger partial charge in [-0.05, 0) is 35.9 Å². The van der Waals surface area contributed by atoms with E-state index >= 15 is 0 Å². The number of nitrogens with one attached hydrogen (secondary N) is 3. The third-order valence-corrected chi connectivity index (χ3v) is 17.6. The fourth-order valence-electron chi connectivity index (χ4n) is 8.20. The highest BCUT2D eigenvalue weighted by Crippen LogP contribution is 2.66. The number of carbonyl (C=O) groups excluding carboxylic acids is 2. The Bertz CT molecular complexity index is 3950. The zero-order chi connectivity index (χ0) is 64.9. The van der Waals surface area contributed by atoms with E-state index in [2.05, 4.69) is 23.8 Å². The Morgan fingerprint density at radius 1 is 0.795 bits per heavy atom. The number of aromatic amines is 1. The van der Waals surface area contributed by atoms with E-state index in [-0.39, 0.29) is 119 Å². The largest absolute Gasteiger partial charge is 0.744 e. The summed E-state index contributed by atoms with van der Waals surface area (Å²) in [7, 11) is -27.8. The standard InChI is InChI=1S/C46H57N6O31P3S2/c47-31-7-5-28-35(29-6-8-32(48)41(88(71,72)73)39(29)81-38(28)40(31)87(68,69)70)27-4-3-25(22-30(27)45(58)59)42(56)50-11-13-75-15-17-77-19-21-78-20-18-76-16-14-74-12-9-34(53)49-10-1-2-26-23-52(46(60)51-43(26)57)44-37(55)36(54)33(80-44)24-79-85(64,65)83-86(66,67)82-84(61,62)63/h1-8,22-23,33,36-37,44,47,54-55H,9-21,24,48H2,(H,49,53)(H,50,56)(H,58,59)(H,64,65)(H,66,67)(H,51,57,60)(H2,61,62,63)(H,68,69,70)(H,71,72,73)/b2-1+,47-31?/t33-,36-,37-,44-/m1/s1. The van der Waals surface area contributed by atoms with Crippen molar-refractivity contribution in [1.82, 2.24) is 20.2 Å². The fraction of sp³-hybridized carbons (Fsp3) is 0.391. The van der Waals surface area contributed by atoms with Crippen LogP contribution in [0.25, 0.3) is 39.5 Å². The Kier molecular flexibility index (Phi) is 24.5. The Balaban J connectivity index is 0.822. The van der Waals surface area contributed by atoms with E-state index in [9.17, 15) is 88.7 Å². The molecule has 3 aliphatic rings. The molecular weight excluding hydrogens is 1290 g/mol. The SMILES string of the molecule is Nc1ccc2c(-c3ccc(C(=O)NCCOCCOCCOCCOCCOCCC(=O)NC/C=C/c4cn([C@@H]5O[C@H](COP(=O)(O)OP(=O)(O)OP(=O)(O)O)[C@@H](O)[C@H]5O)c(=O)[nH]c4=O)cc3C(=O)O)c3ccc(=[NH2+])c(S(=O)(=O)O)c-3oc2c1S(=O)(=O)[O-]. The number of benzene rings is 3. The number of carboxylic acids is 1. The van der Waals surface area contributed by atoms with E-state index in [1.807, 2.05) is 4.98 Å². The molecule has 6 atom stereocenters. The molecule has 1 aromatic heterocycles. The van der Waals surface area contributed by atoms with Crippen LogP contribution in [0, 0.1) is 0 Å². The van der Waals surface area contributed by atoms with Gasteiger partial charge in [0.2, 0.25) is 16.2 Å². The molecule has 1 aliphatic carbocycles. The summed E-state index contributed by atoms with van der Waals surface area (Å²) in [6.45, 7) is 0.273. The van der Waals surface area contributed by atoms with Crippen LogP contribution in [0.3, 0.4) is 0 Å². The molecule has 1 fully saturated rings. The lowest BCUT2D eigenvalue weighted by atomic mass is 9.89. The molecule has 15 N–H and O–H groups in total. The van der Waals surface area contributed by atoms with Crippen LogP contribution < -0.4 is 38.4 Å². The van der Waals surface area contributed by atoms with Crippen molar-refractivity contribution in [2.24, 2.45) is 0 Å². The van der Waals surface area contributed by atoms with Gasteiger partial charge in [0.25, 0.3) is 11.5 Å².